The molecule has 0 heteroatoms. The molecule has 0 aliphatic heterocycles. The molecule has 0 bridgehead atoms. The van der Waals surface area contributed by atoms with Crippen molar-refractivity contribution >= 4 is 27.1 Å². The quantitative estimate of drug-likeness (QED) is 0.189. The highest BCUT2D eigenvalue weighted by Crippen LogP contribution is 2.38. The molecule has 0 saturated carbocycles. The standard InChI is InChI=1S/C46H32/c1-4-10-31(11-5-1)38-28-39(32-12-6-2-7-13-32)30-40(29-38)33-16-18-35(19-17-33)42-25-21-37-22-26-43-41(34-14-8-3-9-15-34)24-20-36-23-27-44(42)46(37)45(36)43/h1-20,22-24,26-30H,21,25H2. The second-order valence-corrected chi connectivity index (χ2v) is 12.4. The van der Waals surface area contributed by atoms with Gasteiger partial charge in [0.1, 0.15) is 0 Å². The van der Waals surface area contributed by atoms with Gasteiger partial charge in [-0.05, 0) is 119 Å². The molecule has 0 nitrogen and oxygen atoms in total. The summed E-state index contributed by atoms with van der Waals surface area (Å²) >= 11 is 0. The van der Waals surface area contributed by atoms with Gasteiger partial charge in [-0.3, -0.25) is 0 Å². The smallest absolute Gasteiger partial charge is 0.00237 e. The van der Waals surface area contributed by atoms with Crippen LogP contribution in [0.3, 0.4) is 0 Å². The van der Waals surface area contributed by atoms with Crippen molar-refractivity contribution in [1.82, 2.24) is 0 Å². The minimum Gasteiger partial charge on any atom is -0.0622 e. The number of aryl methyl sites for hydroxylation is 1. The van der Waals surface area contributed by atoms with Crippen LogP contribution >= 0.6 is 0 Å². The molecule has 0 spiro atoms. The zero-order valence-electron chi connectivity index (χ0n) is 25.6. The Morgan fingerprint density at radius 3 is 1.46 bits per heavy atom. The summed E-state index contributed by atoms with van der Waals surface area (Å²) in [4.78, 5) is 0. The lowest BCUT2D eigenvalue weighted by molar-refractivity contribution is 1.01. The minimum absolute atomic E-state index is 1.05. The van der Waals surface area contributed by atoms with E-state index in [1.807, 2.05) is 0 Å². The van der Waals surface area contributed by atoms with Crippen LogP contribution in [0.5, 0.6) is 0 Å². The van der Waals surface area contributed by atoms with Gasteiger partial charge in [0.05, 0.1) is 0 Å². The summed E-state index contributed by atoms with van der Waals surface area (Å²) in [5.74, 6) is 0. The molecule has 0 atom stereocenters. The van der Waals surface area contributed by atoms with Gasteiger partial charge in [-0.25, -0.2) is 0 Å². The normalized spacial score (nSPS) is 12.6. The summed E-state index contributed by atoms with van der Waals surface area (Å²) in [6, 6.07) is 62.5. The highest BCUT2D eigenvalue weighted by Gasteiger charge is 2.18. The Balaban J connectivity index is 1.18. The van der Waals surface area contributed by atoms with Gasteiger partial charge < -0.3 is 0 Å². The van der Waals surface area contributed by atoms with E-state index in [4.69, 9.17) is 0 Å². The highest BCUT2D eigenvalue weighted by atomic mass is 14.2. The third kappa shape index (κ3) is 4.54. The molecule has 0 unspecified atom stereocenters. The average Bonchev–Trinajstić information content (AvgIpc) is 3.14. The summed E-state index contributed by atoms with van der Waals surface area (Å²) in [5, 5.41) is 6.88. The van der Waals surface area contributed by atoms with E-state index in [-0.39, 0.29) is 0 Å². The van der Waals surface area contributed by atoms with Crippen LogP contribution in [0.25, 0.3) is 71.6 Å². The molecule has 1 aliphatic carbocycles. The van der Waals surface area contributed by atoms with Crippen molar-refractivity contribution in [2.45, 2.75) is 12.8 Å². The Hall–Kier alpha value is -5.72. The van der Waals surface area contributed by atoms with E-state index in [0.717, 1.165) is 12.8 Å². The molecular weight excluding hydrogens is 553 g/mol. The zero-order chi connectivity index (χ0) is 30.5. The molecule has 0 fully saturated rings. The van der Waals surface area contributed by atoms with E-state index in [0.29, 0.717) is 0 Å². The zero-order valence-corrected chi connectivity index (χ0v) is 25.6. The summed E-state index contributed by atoms with van der Waals surface area (Å²) in [5.41, 5.74) is 14.2. The second kappa shape index (κ2) is 11.0. The Morgan fingerprint density at radius 2 is 0.848 bits per heavy atom. The van der Waals surface area contributed by atoms with E-state index in [1.165, 1.54) is 88.0 Å². The SMILES string of the molecule is c1ccc(-c2cc(-c3ccccc3)cc(-c3ccc(C4=c5ccc6ccc(-c7ccccc7)c7ccc(c5c67)CC4)cc3)c2)cc1. The fraction of sp³-hybridized carbons (Fsp3) is 0.0435. The Labute approximate surface area is 269 Å². The minimum atomic E-state index is 1.05. The van der Waals surface area contributed by atoms with Crippen LogP contribution in [0.2, 0.25) is 0 Å². The lowest BCUT2D eigenvalue weighted by atomic mass is 9.83. The topological polar surface area (TPSA) is 0 Å². The van der Waals surface area contributed by atoms with Crippen LogP contribution in [0.1, 0.15) is 17.5 Å². The van der Waals surface area contributed by atoms with E-state index in [1.54, 1.807) is 0 Å². The van der Waals surface area contributed by atoms with E-state index in [9.17, 15) is 0 Å². The predicted molar refractivity (Wildman–Crippen MR) is 196 cm³/mol. The molecule has 0 amide bonds. The first-order valence-electron chi connectivity index (χ1n) is 16.2. The van der Waals surface area contributed by atoms with E-state index < -0.39 is 0 Å². The number of benzene rings is 8. The molecule has 8 aromatic carbocycles. The van der Waals surface area contributed by atoms with Crippen LogP contribution in [0, 0.1) is 0 Å². The molecule has 1 aliphatic rings. The first kappa shape index (κ1) is 26.7. The molecule has 216 valence electrons. The third-order valence-electron chi connectivity index (χ3n) is 9.77. The van der Waals surface area contributed by atoms with Gasteiger partial charge in [0.15, 0.2) is 0 Å². The predicted octanol–water partition coefficient (Wildman–Crippen LogP) is 11.5. The summed E-state index contributed by atoms with van der Waals surface area (Å²) < 4.78 is 0. The number of rotatable bonds is 5. The molecule has 0 heterocycles. The number of hydrogen-bond donors (Lipinski definition) is 0. The molecule has 0 radical (unpaired) electrons. The monoisotopic (exact) mass is 584 g/mol. The van der Waals surface area contributed by atoms with Crippen molar-refractivity contribution in [1.29, 1.82) is 0 Å². The van der Waals surface area contributed by atoms with Crippen molar-refractivity contribution in [2.75, 3.05) is 0 Å². The van der Waals surface area contributed by atoms with Crippen LogP contribution in [-0.2, 0) is 6.42 Å². The van der Waals surface area contributed by atoms with Crippen molar-refractivity contribution in [3.63, 3.8) is 0 Å². The molecule has 0 N–H and O–H groups in total. The molecular formula is C46H32. The molecule has 9 rings (SSSR count). The van der Waals surface area contributed by atoms with E-state index in [2.05, 4.69) is 170 Å². The number of hydrogen-bond acceptors (Lipinski definition) is 0. The lowest BCUT2D eigenvalue weighted by Gasteiger charge is -2.21. The van der Waals surface area contributed by atoms with Gasteiger partial charge in [0.25, 0.3) is 0 Å². The van der Waals surface area contributed by atoms with Gasteiger partial charge in [-0.1, -0.05) is 152 Å². The summed E-state index contributed by atoms with van der Waals surface area (Å²) in [6.45, 7) is 0. The van der Waals surface area contributed by atoms with Crippen molar-refractivity contribution in [3.05, 3.63) is 186 Å². The van der Waals surface area contributed by atoms with E-state index >= 15 is 0 Å². The fourth-order valence-corrected chi connectivity index (χ4v) is 7.50. The Kier molecular flexibility index (Phi) is 6.39. The van der Waals surface area contributed by atoms with Crippen molar-refractivity contribution < 1.29 is 0 Å². The molecule has 8 aromatic rings. The van der Waals surface area contributed by atoms with Crippen LogP contribution in [-0.4, -0.2) is 0 Å². The molecule has 46 heavy (non-hydrogen) atoms. The van der Waals surface area contributed by atoms with Crippen LogP contribution < -0.4 is 5.22 Å². The largest absolute Gasteiger partial charge is 0.0622 e. The second-order valence-electron chi connectivity index (χ2n) is 12.4. The van der Waals surface area contributed by atoms with Gasteiger partial charge in [0.2, 0.25) is 0 Å². The maximum Gasteiger partial charge on any atom is -0.00237 e. The first-order valence-corrected chi connectivity index (χ1v) is 16.2. The van der Waals surface area contributed by atoms with Crippen LogP contribution in [0.15, 0.2) is 170 Å². The van der Waals surface area contributed by atoms with Gasteiger partial charge in [-0.2, -0.15) is 0 Å². The summed E-state index contributed by atoms with van der Waals surface area (Å²) in [7, 11) is 0. The Bertz CT molecular complexity index is 2360. The van der Waals surface area contributed by atoms with Crippen molar-refractivity contribution in [3.8, 4) is 44.5 Å². The third-order valence-corrected chi connectivity index (χ3v) is 9.77. The van der Waals surface area contributed by atoms with Crippen LogP contribution in [0.4, 0.5) is 0 Å². The van der Waals surface area contributed by atoms with Gasteiger partial charge >= 0.3 is 0 Å². The van der Waals surface area contributed by atoms with Gasteiger partial charge in [0, 0.05) is 0 Å². The fourth-order valence-electron chi connectivity index (χ4n) is 7.50. The Morgan fingerprint density at radius 1 is 0.326 bits per heavy atom. The maximum atomic E-state index is 2.37. The lowest BCUT2D eigenvalue weighted by Crippen LogP contribution is -2.16. The average molecular weight is 585 g/mol. The maximum absolute atomic E-state index is 2.37. The highest BCUT2D eigenvalue weighted by molar-refractivity contribution is 6.17. The van der Waals surface area contributed by atoms with Crippen molar-refractivity contribution in [2.24, 2.45) is 0 Å². The molecule has 0 aromatic heterocycles. The summed E-state index contributed by atoms with van der Waals surface area (Å²) in [6.07, 6.45) is 2.11. The molecule has 0 saturated heterocycles. The first-order chi connectivity index (χ1) is 22.8. The van der Waals surface area contributed by atoms with Gasteiger partial charge in [-0.15, -0.1) is 0 Å².